The van der Waals surface area contributed by atoms with Crippen LogP contribution in [0.1, 0.15) is 31.1 Å². The maximum atomic E-state index is 4.11. The number of likely N-dealkylation sites (N-methyl/N-ethyl adjacent to an activating group) is 1. The molecule has 21 heavy (non-hydrogen) atoms. The van der Waals surface area contributed by atoms with Crippen LogP contribution in [0, 0.1) is 0 Å². The fraction of sp³-hybridized carbons (Fsp3) is 0.500. The van der Waals surface area contributed by atoms with Crippen molar-refractivity contribution < 1.29 is 0 Å². The number of hydrogen-bond donors (Lipinski definition) is 1. The zero-order valence-electron chi connectivity index (χ0n) is 13.2. The van der Waals surface area contributed by atoms with Crippen molar-refractivity contribution in [3.05, 3.63) is 47.8 Å². The first-order valence-electron chi connectivity index (χ1n) is 7.59. The fourth-order valence-electron chi connectivity index (χ4n) is 2.61. The SMILES string of the molecule is CCN(CC)C(CNCc1cn(C)nn1)c1ccccc1. The van der Waals surface area contributed by atoms with E-state index in [1.807, 2.05) is 13.2 Å². The molecule has 5 heteroatoms. The zero-order chi connectivity index (χ0) is 15.1. The normalized spacial score (nSPS) is 12.8. The summed E-state index contributed by atoms with van der Waals surface area (Å²) in [5.74, 6) is 0. The molecule has 1 atom stereocenters. The van der Waals surface area contributed by atoms with Crippen LogP contribution in [0.4, 0.5) is 0 Å². The molecule has 0 saturated carbocycles. The van der Waals surface area contributed by atoms with E-state index in [-0.39, 0.29) is 0 Å². The van der Waals surface area contributed by atoms with Gasteiger partial charge in [-0.1, -0.05) is 49.4 Å². The molecule has 0 radical (unpaired) electrons. The van der Waals surface area contributed by atoms with E-state index in [9.17, 15) is 0 Å². The number of aryl methyl sites for hydroxylation is 1. The zero-order valence-corrected chi connectivity index (χ0v) is 13.2. The average molecular weight is 287 g/mol. The topological polar surface area (TPSA) is 46.0 Å². The van der Waals surface area contributed by atoms with Crippen molar-refractivity contribution in [3.63, 3.8) is 0 Å². The molecule has 1 aromatic carbocycles. The Morgan fingerprint density at radius 1 is 1.19 bits per heavy atom. The average Bonchev–Trinajstić information content (AvgIpc) is 2.93. The molecule has 0 saturated heterocycles. The van der Waals surface area contributed by atoms with Crippen molar-refractivity contribution in [2.75, 3.05) is 19.6 Å². The minimum atomic E-state index is 0.387. The molecule has 0 spiro atoms. The van der Waals surface area contributed by atoms with E-state index in [1.165, 1.54) is 5.56 Å². The molecule has 2 rings (SSSR count). The number of nitrogens with zero attached hydrogens (tertiary/aromatic N) is 4. The molecule has 0 fully saturated rings. The van der Waals surface area contributed by atoms with Crippen molar-refractivity contribution in [1.29, 1.82) is 0 Å². The van der Waals surface area contributed by atoms with Gasteiger partial charge >= 0.3 is 0 Å². The third-order valence-electron chi connectivity index (χ3n) is 3.73. The van der Waals surface area contributed by atoms with Crippen LogP contribution in [0.3, 0.4) is 0 Å². The molecule has 0 aliphatic carbocycles. The van der Waals surface area contributed by atoms with Crippen LogP contribution in [-0.4, -0.2) is 39.5 Å². The van der Waals surface area contributed by atoms with Crippen LogP contribution < -0.4 is 5.32 Å². The molecule has 0 bridgehead atoms. The highest BCUT2D eigenvalue weighted by Gasteiger charge is 2.17. The monoisotopic (exact) mass is 287 g/mol. The van der Waals surface area contributed by atoms with E-state index in [2.05, 4.69) is 64.7 Å². The molecule has 1 aromatic heterocycles. The first-order valence-corrected chi connectivity index (χ1v) is 7.59. The Bertz CT molecular complexity index is 518. The van der Waals surface area contributed by atoms with Crippen molar-refractivity contribution in [2.24, 2.45) is 7.05 Å². The van der Waals surface area contributed by atoms with Gasteiger partial charge in [0.05, 0.1) is 5.69 Å². The summed E-state index contributed by atoms with van der Waals surface area (Å²) in [5, 5.41) is 11.6. The van der Waals surface area contributed by atoms with Crippen molar-refractivity contribution in [2.45, 2.75) is 26.4 Å². The molecule has 0 amide bonds. The molecule has 5 nitrogen and oxygen atoms in total. The third-order valence-corrected chi connectivity index (χ3v) is 3.73. The molecule has 0 aliphatic rings. The summed E-state index contributed by atoms with van der Waals surface area (Å²) in [6.07, 6.45) is 1.95. The van der Waals surface area contributed by atoms with Crippen LogP contribution in [0.15, 0.2) is 36.5 Å². The smallest absolute Gasteiger partial charge is 0.0964 e. The molecule has 1 unspecified atom stereocenters. The quantitative estimate of drug-likeness (QED) is 0.806. The largest absolute Gasteiger partial charge is 0.309 e. The summed E-state index contributed by atoms with van der Waals surface area (Å²) in [4.78, 5) is 2.47. The Kier molecular flexibility index (Phi) is 5.90. The van der Waals surface area contributed by atoms with Gasteiger partial charge < -0.3 is 5.32 Å². The summed E-state index contributed by atoms with van der Waals surface area (Å²) in [6.45, 7) is 8.16. The highest BCUT2D eigenvalue weighted by Crippen LogP contribution is 2.19. The van der Waals surface area contributed by atoms with Crippen LogP contribution >= 0.6 is 0 Å². The number of rotatable bonds is 8. The lowest BCUT2D eigenvalue weighted by molar-refractivity contribution is 0.213. The Balaban J connectivity index is 1.99. The molecule has 114 valence electrons. The molecular weight excluding hydrogens is 262 g/mol. The van der Waals surface area contributed by atoms with E-state index >= 15 is 0 Å². The summed E-state index contributed by atoms with van der Waals surface area (Å²) in [5.41, 5.74) is 2.33. The van der Waals surface area contributed by atoms with Crippen LogP contribution in [-0.2, 0) is 13.6 Å². The van der Waals surface area contributed by atoms with E-state index in [4.69, 9.17) is 0 Å². The molecule has 1 heterocycles. The lowest BCUT2D eigenvalue weighted by Crippen LogP contribution is -2.35. The minimum absolute atomic E-state index is 0.387. The van der Waals surface area contributed by atoms with Crippen molar-refractivity contribution in [3.8, 4) is 0 Å². The summed E-state index contributed by atoms with van der Waals surface area (Å²) < 4.78 is 1.73. The van der Waals surface area contributed by atoms with Gasteiger partial charge in [0.25, 0.3) is 0 Å². The Hall–Kier alpha value is -1.72. The maximum absolute atomic E-state index is 4.11. The van der Waals surface area contributed by atoms with Gasteiger partial charge in [0.15, 0.2) is 0 Å². The van der Waals surface area contributed by atoms with Gasteiger partial charge in [-0.2, -0.15) is 0 Å². The minimum Gasteiger partial charge on any atom is -0.309 e. The van der Waals surface area contributed by atoms with Gasteiger partial charge in [-0.05, 0) is 18.7 Å². The molecule has 1 N–H and O–H groups in total. The highest BCUT2D eigenvalue weighted by atomic mass is 15.4. The first kappa shape index (κ1) is 15.7. The summed E-state index contributed by atoms with van der Waals surface area (Å²) in [7, 11) is 1.89. The molecule has 0 aliphatic heterocycles. The maximum Gasteiger partial charge on any atom is 0.0964 e. The van der Waals surface area contributed by atoms with Gasteiger partial charge in [0.2, 0.25) is 0 Å². The highest BCUT2D eigenvalue weighted by molar-refractivity contribution is 5.19. The second-order valence-electron chi connectivity index (χ2n) is 5.16. The standard InChI is InChI=1S/C16H25N5/c1-4-21(5-2)16(14-9-7-6-8-10-14)12-17-11-15-13-20(3)19-18-15/h6-10,13,16-17H,4-5,11-12H2,1-3H3. The second-order valence-corrected chi connectivity index (χ2v) is 5.16. The number of hydrogen-bond acceptors (Lipinski definition) is 4. The number of benzene rings is 1. The Labute approximate surface area is 127 Å². The number of nitrogens with one attached hydrogen (secondary N) is 1. The lowest BCUT2D eigenvalue weighted by atomic mass is 10.1. The van der Waals surface area contributed by atoms with Crippen LogP contribution in [0.2, 0.25) is 0 Å². The second kappa shape index (κ2) is 7.90. The van der Waals surface area contributed by atoms with E-state index < -0.39 is 0 Å². The van der Waals surface area contributed by atoms with E-state index in [1.54, 1.807) is 4.68 Å². The van der Waals surface area contributed by atoms with Gasteiger partial charge in [0, 0.05) is 32.4 Å². The fourth-order valence-corrected chi connectivity index (χ4v) is 2.61. The Morgan fingerprint density at radius 3 is 2.48 bits per heavy atom. The summed E-state index contributed by atoms with van der Waals surface area (Å²) in [6, 6.07) is 11.1. The van der Waals surface area contributed by atoms with Gasteiger partial charge in [-0.25, -0.2) is 0 Å². The lowest BCUT2D eigenvalue weighted by Gasteiger charge is -2.30. The molecular formula is C16H25N5. The van der Waals surface area contributed by atoms with Crippen LogP contribution in [0.25, 0.3) is 0 Å². The summed E-state index contributed by atoms with van der Waals surface area (Å²) >= 11 is 0. The predicted octanol–water partition coefficient (Wildman–Crippen LogP) is 1.99. The van der Waals surface area contributed by atoms with Gasteiger partial charge in [0.1, 0.15) is 0 Å². The predicted molar refractivity (Wildman–Crippen MR) is 84.8 cm³/mol. The first-order chi connectivity index (χ1) is 10.2. The van der Waals surface area contributed by atoms with Crippen molar-refractivity contribution in [1.82, 2.24) is 25.2 Å². The molecule has 2 aromatic rings. The van der Waals surface area contributed by atoms with E-state index in [0.29, 0.717) is 6.04 Å². The third kappa shape index (κ3) is 4.37. The number of aromatic nitrogens is 3. The van der Waals surface area contributed by atoms with Crippen LogP contribution in [0.5, 0.6) is 0 Å². The van der Waals surface area contributed by atoms with E-state index in [0.717, 1.165) is 31.9 Å². The van der Waals surface area contributed by atoms with Crippen molar-refractivity contribution >= 4 is 0 Å². The Morgan fingerprint density at radius 2 is 1.90 bits per heavy atom. The van der Waals surface area contributed by atoms with Gasteiger partial charge in [-0.15, -0.1) is 5.10 Å². The van der Waals surface area contributed by atoms with Gasteiger partial charge in [-0.3, -0.25) is 9.58 Å².